The van der Waals surface area contributed by atoms with E-state index in [1.54, 1.807) is 0 Å². The van der Waals surface area contributed by atoms with Crippen molar-refractivity contribution in [2.24, 2.45) is 5.73 Å². The van der Waals surface area contributed by atoms with Gasteiger partial charge >= 0.3 is 0 Å². The molecule has 3 nitrogen and oxygen atoms in total. The van der Waals surface area contributed by atoms with Crippen LogP contribution < -0.4 is 15.2 Å². The first-order chi connectivity index (χ1) is 6.34. The summed E-state index contributed by atoms with van der Waals surface area (Å²) in [6.45, 7) is 0.343. The minimum Gasteiger partial charge on any atom is -0.454 e. The Morgan fingerprint density at radius 1 is 1.23 bits per heavy atom. The first-order valence-electron chi connectivity index (χ1n) is 4.50. The summed E-state index contributed by atoms with van der Waals surface area (Å²) >= 11 is 0. The molecule has 1 heterocycles. The van der Waals surface area contributed by atoms with Crippen LogP contribution in [0.4, 0.5) is 0 Å². The minimum absolute atomic E-state index is 0.343. The van der Waals surface area contributed by atoms with Crippen molar-refractivity contribution in [3.63, 3.8) is 0 Å². The van der Waals surface area contributed by atoms with Gasteiger partial charge < -0.3 is 15.2 Å². The van der Waals surface area contributed by atoms with E-state index < -0.39 is 0 Å². The van der Waals surface area contributed by atoms with Gasteiger partial charge in [0.1, 0.15) is 0 Å². The zero-order chi connectivity index (χ0) is 8.84. The molecule has 1 aliphatic carbocycles. The number of ether oxygens (including phenoxy) is 2. The van der Waals surface area contributed by atoms with Gasteiger partial charge in [-0.1, -0.05) is 6.07 Å². The summed E-state index contributed by atoms with van der Waals surface area (Å²) in [6, 6.07) is 6.42. The van der Waals surface area contributed by atoms with Gasteiger partial charge in [-0.05, 0) is 24.1 Å². The van der Waals surface area contributed by atoms with E-state index in [9.17, 15) is 0 Å². The molecule has 1 aromatic carbocycles. The van der Waals surface area contributed by atoms with Crippen LogP contribution in [0.3, 0.4) is 0 Å². The molecule has 0 saturated heterocycles. The fourth-order valence-corrected chi connectivity index (χ4v) is 1.74. The van der Waals surface area contributed by atoms with Crippen LogP contribution >= 0.6 is 0 Å². The van der Waals surface area contributed by atoms with Crippen LogP contribution in [0.15, 0.2) is 18.2 Å². The minimum atomic E-state index is 0.343. The van der Waals surface area contributed by atoms with Crippen molar-refractivity contribution in [3.05, 3.63) is 23.8 Å². The van der Waals surface area contributed by atoms with E-state index in [0.29, 0.717) is 18.8 Å². The Morgan fingerprint density at radius 2 is 2.00 bits per heavy atom. The van der Waals surface area contributed by atoms with Crippen LogP contribution in [0.1, 0.15) is 17.9 Å². The molecule has 0 aromatic heterocycles. The zero-order valence-electron chi connectivity index (χ0n) is 7.19. The fraction of sp³-hybridized carbons (Fsp3) is 0.400. The van der Waals surface area contributed by atoms with Gasteiger partial charge in [0.25, 0.3) is 0 Å². The predicted octanol–water partition coefficient (Wildman–Crippen LogP) is 1.23. The average molecular weight is 177 g/mol. The van der Waals surface area contributed by atoms with Gasteiger partial charge in [0, 0.05) is 12.0 Å². The van der Waals surface area contributed by atoms with E-state index >= 15 is 0 Å². The summed E-state index contributed by atoms with van der Waals surface area (Å²) in [6.07, 6.45) is 1.10. The maximum Gasteiger partial charge on any atom is 0.231 e. The maximum atomic E-state index is 5.77. The van der Waals surface area contributed by atoms with Crippen LogP contribution in [-0.4, -0.2) is 12.8 Å². The van der Waals surface area contributed by atoms with Crippen LogP contribution in [-0.2, 0) is 0 Å². The lowest BCUT2D eigenvalue weighted by atomic mass is 10.1. The number of fused-ring (bicyclic) bond motifs is 1. The van der Waals surface area contributed by atoms with Crippen molar-refractivity contribution < 1.29 is 9.47 Å². The summed E-state index contributed by atoms with van der Waals surface area (Å²) in [7, 11) is 0. The lowest BCUT2D eigenvalue weighted by molar-refractivity contribution is 0.174. The van der Waals surface area contributed by atoms with E-state index in [4.69, 9.17) is 15.2 Å². The fourth-order valence-electron chi connectivity index (χ4n) is 1.74. The molecule has 13 heavy (non-hydrogen) atoms. The predicted molar refractivity (Wildman–Crippen MR) is 47.9 cm³/mol. The van der Waals surface area contributed by atoms with Crippen molar-refractivity contribution in [3.8, 4) is 11.5 Å². The van der Waals surface area contributed by atoms with Gasteiger partial charge in [-0.3, -0.25) is 0 Å². The third-order valence-electron chi connectivity index (χ3n) is 2.66. The van der Waals surface area contributed by atoms with Crippen LogP contribution in [0.5, 0.6) is 11.5 Å². The van der Waals surface area contributed by atoms with E-state index in [1.165, 1.54) is 5.56 Å². The van der Waals surface area contributed by atoms with Gasteiger partial charge in [-0.15, -0.1) is 0 Å². The largest absolute Gasteiger partial charge is 0.454 e. The highest BCUT2D eigenvalue weighted by Crippen LogP contribution is 2.43. The van der Waals surface area contributed by atoms with Crippen molar-refractivity contribution >= 4 is 0 Å². The van der Waals surface area contributed by atoms with Crippen LogP contribution in [0.2, 0.25) is 0 Å². The standard InChI is InChI=1S/C10H11NO2/c11-8-4-7(8)6-1-2-9-10(3-6)13-5-12-9/h1-3,7-8H,4-5,11H2/t7-,8+/m0/s1. The van der Waals surface area contributed by atoms with E-state index in [1.807, 2.05) is 12.1 Å². The number of rotatable bonds is 1. The molecule has 0 amide bonds. The number of hydrogen-bond donors (Lipinski definition) is 1. The molecule has 3 rings (SSSR count). The van der Waals surface area contributed by atoms with E-state index in [-0.39, 0.29) is 0 Å². The third-order valence-corrected chi connectivity index (χ3v) is 2.66. The van der Waals surface area contributed by atoms with Crippen LogP contribution in [0, 0.1) is 0 Å². The normalized spacial score (nSPS) is 29.0. The highest BCUT2D eigenvalue weighted by molar-refractivity contribution is 5.46. The molecule has 1 aliphatic heterocycles. The second kappa shape index (κ2) is 2.39. The second-order valence-electron chi connectivity index (χ2n) is 3.62. The zero-order valence-corrected chi connectivity index (χ0v) is 7.19. The first kappa shape index (κ1) is 7.21. The van der Waals surface area contributed by atoms with Gasteiger partial charge in [-0.2, -0.15) is 0 Å². The van der Waals surface area contributed by atoms with Gasteiger partial charge in [0.2, 0.25) is 6.79 Å². The molecule has 1 fully saturated rings. The molecule has 0 spiro atoms. The Kier molecular flexibility index (Phi) is 1.32. The number of benzene rings is 1. The molecule has 3 heteroatoms. The maximum absolute atomic E-state index is 5.77. The molecular formula is C10H11NO2. The van der Waals surface area contributed by atoms with Crippen molar-refractivity contribution in [1.29, 1.82) is 0 Å². The molecule has 68 valence electrons. The summed E-state index contributed by atoms with van der Waals surface area (Å²) in [4.78, 5) is 0. The smallest absolute Gasteiger partial charge is 0.231 e. The molecule has 2 atom stereocenters. The second-order valence-corrected chi connectivity index (χ2v) is 3.62. The molecular weight excluding hydrogens is 166 g/mol. The molecule has 0 unspecified atom stereocenters. The third kappa shape index (κ3) is 1.08. The average Bonchev–Trinajstić information content (AvgIpc) is 2.70. The van der Waals surface area contributed by atoms with E-state index in [0.717, 1.165) is 17.9 Å². The van der Waals surface area contributed by atoms with Gasteiger partial charge in [0.15, 0.2) is 11.5 Å². The van der Waals surface area contributed by atoms with E-state index in [2.05, 4.69) is 6.07 Å². The summed E-state index contributed by atoms with van der Waals surface area (Å²) in [5, 5.41) is 0. The molecule has 2 N–H and O–H groups in total. The Morgan fingerprint density at radius 3 is 2.77 bits per heavy atom. The van der Waals surface area contributed by atoms with Gasteiger partial charge in [0.05, 0.1) is 0 Å². The monoisotopic (exact) mass is 177 g/mol. The highest BCUT2D eigenvalue weighted by Gasteiger charge is 2.35. The lowest BCUT2D eigenvalue weighted by Crippen LogP contribution is -2.00. The van der Waals surface area contributed by atoms with Crippen molar-refractivity contribution in [2.75, 3.05) is 6.79 Å². The number of hydrogen-bond acceptors (Lipinski definition) is 3. The van der Waals surface area contributed by atoms with Crippen molar-refractivity contribution in [2.45, 2.75) is 18.4 Å². The van der Waals surface area contributed by atoms with Crippen molar-refractivity contribution in [1.82, 2.24) is 0 Å². The Balaban J connectivity index is 1.96. The highest BCUT2D eigenvalue weighted by atomic mass is 16.7. The van der Waals surface area contributed by atoms with Gasteiger partial charge in [-0.25, -0.2) is 0 Å². The first-order valence-corrected chi connectivity index (χ1v) is 4.50. The lowest BCUT2D eigenvalue weighted by Gasteiger charge is -2.00. The molecule has 0 bridgehead atoms. The topological polar surface area (TPSA) is 44.5 Å². The molecule has 2 aliphatic rings. The SMILES string of the molecule is N[C@@H]1C[C@H]1c1ccc2c(c1)OCO2. The Labute approximate surface area is 76.4 Å². The molecule has 1 aromatic rings. The van der Waals surface area contributed by atoms with Crippen LogP contribution in [0.25, 0.3) is 0 Å². The summed E-state index contributed by atoms with van der Waals surface area (Å²) in [5.74, 6) is 2.24. The summed E-state index contributed by atoms with van der Waals surface area (Å²) in [5.41, 5.74) is 7.05. The Hall–Kier alpha value is -1.22. The quantitative estimate of drug-likeness (QED) is 0.701. The number of nitrogens with two attached hydrogens (primary N) is 1. The molecule has 0 radical (unpaired) electrons. The Bertz CT molecular complexity index is 351. The summed E-state index contributed by atoms with van der Waals surface area (Å²) < 4.78 is 10.5. The molecule has 1 saturated carbocycles.